The average Bonchev–Trinajstić information content (AvgIpc) is 2.17. The van der Waals surface area contributed by atoms with E-state index in [-0.39, 0.29) is 5.82 Å². The first-order chi connectivity index (χ1) is 6.72. The highest BCUT2D eigenvalue weighted by atomic mass is 19.1. The van der Waals surface area contributed by atoms with E-state index in [0.717, 1.165) is 5.56 Å². The van der Waals surface area contributed by atoms with Gasteiger partial charge in [0.25, 0.3) is 0 Å². The molecule has 4 N–H and O–H groups in total. The average molecular weight is 197 g/mol. The summed E-state index contributed by atoms with van der Waals surface area (Å²) in [5.41, 5.74) is 2.77. The molecule has 76 valence electrons. The van der Waals surface area contributed by atoms with Crippen LogP contribution in [0.15, 0.2) is 24.3 Å². The van der Waals surface area contributed by atoms with Gasteiger partial charge in [-0.2, -0.15) is 0 Å². The lowest BCUT2D eigenvalue weighted by atomic mass is 10.1. The number of carbonyl (C=O) groups is 1. The summed E-state index contributed by atoms with van der Waals surface area (Å²) < 4.78 is 12.7. The minimum absolute atomic E-state index is 0.272. The first-order valence-corrected chi connectivity index (χ1v) is 4.21. The third kappa shape index (κ3) is 3.40. The van der Waals surface area contributed by atoms with E-state index in [2.05, 4.69) is 5.32 Å². The molecule has 0 aliphatic carbocycles. The molecule has 1 aromatic rings. The van der Waals surface area contributed by atoms with Crippen LogP contribution in [0, 0.1) is 5.82 Å². The molecule has 0 radical (unpaired) electrons. The van der Waals surface area contributed by atoms with Crippen LogP contribution in [0.2, 0.25) is 0 Å². The molecule has 0 unspecified atom stereocenters. The summed E-state index contributed by atoms with van der Waals surface area (Å²) in [6, 6.07) is 5.80. The zero-order valence-corrected chi connectivity index (χ0v) is 7.59. The highest BCUT2D eigenvalue weighted by molar-refractivity contribution is 5.72. The van der Waals surface area contributed by atoms with Crippen LogP contribution in [0.3, 0.4) is 0 Å². The van der Waals surface area contributed by atoms with E-state index in [9.17, 15) is 9.18 Å². The van der Waals surface area contributed by atoms with Gasteiger partial charge in [-0.1, -0.05) is 12.1 Å². The van der Waals surface area contributed by atoms with Gasteiger partial charge < -0.3 is 5.32 Å². The fourth-order valence-corrected chi connectivity index (χ4v) is 1.06. The fraction of sp³-hybridized carbons (Fsp3) is 0.222. The molecule has 0 aromatic heterocycles. The molecule has 0 heterocycles. The third-order valence-electron chi connectivity index (χ3n) is 1.72. The number of benzene rings is 1. The Balaban J connectivity index is 2.35. The molecule has 0 saturated heterocycles. The number of nitrogens with two attached hydrogens (primary N) is 1. The van der Waals surface area contributed by atoms with Crippen molar-refractivity contribution in [2.24, 2.45) is 5.84 Å². The van der Waals surface area contributed by atoms with Gasteiger partial charge in [0.15, 0.2) is 0 Å². The monoisotopic (exact) mass is 197 g/mol. The fourth-order valence-electron chi connectivity index (χ4n) is 1.06. The van der Waals surface area contributed by atoms with Crippen molar-refractivity contribution >= 4 is 6.03 Å². The number of urea groups is 1. The van der Waals surface area contributed by atoms with Crippen molar-refractivity contribution in [1.29, 1.82) is 0 Å². The van der Waals surface area contributed by atoms with Crippen LogP contribution in [0.25, 0.3) is 0 Å². The predicted molar refractivity (Wildman–Crippen MR) is 50.8 cm³/mol. The molecule has 2 amide bonds. The Hall–Kier alpha value is -1.62. The largest absolute Gasteiger partial charge is 0.337 e. The molecule has 0 aliphatic heterocycles. The van der Waals surface area contributed by atoms with E-state index < -0.39 is 6.03 Å². The summed E-state index contributed by atoms with van der Waals surface area (Å²) in [5.74, 6) is 4.58. The van der Waals surface area contributed by atoms with E-state index in [4.69, 9.17) is 5.84 Å². The molecule has 0 spiro atoms. The minimum Gasteiger partial charge on any atom is -0.337 e. The van der Waals surface area contributed by atoms with E-state index >= 15 is 0 Å². The molecular weight excluding hydrogens is 185 g/mol. The van der Waals surface area contributed by atoms with Crippen LogP contribution >= 0.6 is 0 Å². The number of hydrogen-bond donors (Lipinski definition) is 3. The SMILES string of the molecule is NNC(=O)NCCc1cccc(F)c1. The number of rotatable bonds is 3. The van der Waals surface area contributed by atoms with Gasteiger partial charge in [-0.05, 0) is 24.1 Å². The molecule has 0 aliphatic rings. The Morgan fingerprint density at radius 2 is 2.29 bits per heavy atom. The van der Waals surface area contributed by atoms with Gasteiger partial charge >= 0.3 is 6.03 Å². The highest BCUT2D eigenvalue weighted by Crippen LogP contribution is 2.03. The first kappa shape index (κ1) is 10.5. The normalized spacial score (nSPS) is 9.57. The molecule has 1 rings (SSSR count). The molecule has 0 fully saturated rings. The highest BCUT2D eigenvalue weighted by Gasteiger charge is 1.97. The molecule has 0 saturated carbocycles. The van der Waals surface area contributed by atoms with Crippen molar-refractivity contribution in [3.05, 3.63) is 35.6 Å². The summed E-state index contributed by atoms with van der Waals surface area (Å²) >= 11 is 0. The van der Waals surface area contributed by atoms with E-state index in [1.165, 1.54) is 12.1 Å². The van der Waals surface area contributed by atoms with Gasteiger partial charge in [0.2, 0.25) is 0 Å². The first-order valence-electron chi connectivity index (χ1n) is 4.21. The second kappa shape index (κ2) is 5.18. The van der Waals surface area contributed by atoms with Crippen molar-refractivity contribution in [1.82, 2.24) is 10.7 Å². The number of amides is 2. The molecule has 1 aromatic carbocycles. The molecule has 4 nitrogen and oxygen atoms in total. The van der Waals surface area contributed by atoms with E-state index in [0.29, 0.717) is 13.0 Å². The second-order valence-electron chi connectivity index (χ2n) is 2.78. The van der Waals surface area contributed by atoms with E-state index in [1.54, 1.807) is 12.1 Å². The molecule has 5 heteroatoms. The van der Waals surface area contributed by atoms with Crippen molar-refractivity contribution in [2.75, 3.05) is 6.54 Å². The Kier molecular flexibility index (Phi) is 3.87. The lowest BCUT2D eigenvalue weighted by Crippen LogP contribution is -2.40. The summed E-state index contributed by atoms with van der Waals surface area (Å²) in [6.45, 7) is 0.423. The van der Waals surface area contributed by atoms with Gasteiger partial charge in [0, 0.05) is 6.54 Å². The number of hydrazine groups is 1. The predicted octanol–water partition coefficient (Wildman–Crippen LogP) is 0.541. The van der Waals surface area contributed by atoms with E-state index in [1.807, 2.05) is 5.43 Å². The van der Waals surface area contributed by atoms with Crippen LogP contribution < -0.4 is 16.6 Å². The van der Waals surface area contributed by atoms with Crippen LogP contribution in [0.1, 0.15) is 5.56 Å². The van der Waals surface area contributed by atoms with Crippen LogP contribution in [0.5, 0.6) is 0 Å². The minimum atomic E-state index is -0.443. The van der Waals surface area contributed by atoms with Gasteiger partial charge in [0.05, 0.1) is 0 Å². The number of hydrogen-bond acceptors (Lipinski definition) is 2. The summed E-state index contributed by atoms with van der Waals surface area (Å²) in [6.07, 6.45) is 0.575. The van der Waals surface area contributed by atoms with Gasteiger partial charge in [-0.25, -0.2) is 15.0 Å². The topological polar surface area (TPSA) is 67.1 Å². The third-order valence-corrected chi connectivity index (χ3v) is 1.72. The summed E-state index contributed by atoms with van der Waals surface area (Å²) in [4.78, 5) is 10.6. The number of halogens is 1. The maximum Gasteiger partial charge on any atom is 0.328 e. The lowest BCUT2D eigenvalue weighted by molar-refractivity contribution is 0.241. The van der Waals surface area contributed by atoms with Gasteiger partial charge in [0.1, 0.15) is 5.82 Å². The van der Waals surface area contributed by atoms with Crippen molar-refractivity contribution in [2.45, 2.75) is 6.42 Å². The Labute approximate surface area is 81.3 Å². The van der Waals surface area contributed by atoms with Crippen LogP contribution in [0.4, 0.5) is 9.18 Å². The maximum atomic E-state index is 12.7. The second-order valence-corrected chi connectivity index (χ2v) is 2.78. The molecular formula is C9H12FN3O. The van der Waals surface area contributed by atoms with Crippen molar-refractivity contribution in [3.63, 3.8) is 0 Å². The Morgan fingerprint density at radius 3 is 2.93 bits per heavy atom. The number of carbonyl (C=O) groups excluding carboxylic acids is 1. The lowest BCUT2D eigenvalue weighted by Gasteiger charge is -2.03. The maximum absolute atomic E-state index is 12.7. The molecule has 0 bridgehead atoms. The zero-order valence-electron chi connectivity index (χ0n) is 7.59. The van der Waals surface area contributed by atoms with Gasteiger partial charge in [-0.15, -0.1) is 0 Å². The molecule has 0 atom stereocenters. The number of nitrogens with one attached hydrogen (secondary N) is 2. The molecule has 14 heavy (non-hydrogen) atoms. The van der Waals surface area contributed by atoms with Gasteiger partial charge in [-0.3, -0.25) is 5.43 Å². The smallest absolute Gasteiger partial charge is 0.328 e. The summed E-state index contributed by atoms with van der Waals surface area (Å²) in [5, 5.41) is 2.50. The zero-order chi connectivity index (χ0) is 10.4. The standard InChI is InChI=1S/C9H12FN3O/c10-8-3-1-2-7(6-8)4-5-12-9(14)13-11/h1-3,6H,4-5,11H2,(H2,12,13,14). The Bertz CT molecular complexity index is 317. The van der Waals surface area contributed by atoms with Crippen molar-refractivity contribution < 1.29 is 9.18 Å². The van der Waals surface area contributed by atoms with Crippen molar-refractivity contribution in [3.8, 4) is 0 Å². The Morgan fingerprint density at radius 1 is 1.50 bits per heavy atom. The van der Waals surface area contributed by atoms with Crippen LogP contribution in [-0.2, 0) is 6.42 Å². The quantitative estimate of drug-likeness (QED) is 0.376. The van der Waals surface area contributed by atoms with Crippen LogP contribution in [-0.4, -0.2) is 12.6 Å². The summed E-state index contributed by atoms with van der Waals surface area (Å²) in [7, 11) is 0.